The van der Waals surface area contributed by atoms with Gasteiger partial charge in [0.05, 0.1) is 10.7 Å². The minimum absolute atomic E-state index is 0.0925. The van der Waals surface area contributed by atoms with Gasteiger partial charge in [-0.15, -0.1) is 0 Å². The molecule has 9 heteroatoms. The molecule has 0 saturated carbocycles. The third-order valence-electron chi connectivity index (χ3n) is 5.43. The Balaban J connectivity index is 1.46. The van der Waals surface area contributed by atoms with Crippen molar-refractivity contribution in [2.24, 2.45) is 0 Å². The van der Waals surface area contributed by atoms with E-state index >= 15 is 0 Å². The minimum Gasteiger partial charge on any atom is -0.350 e. The number of hydrogen-bond donors (Lipinski definition) is 2. The van der Waals surface area contributed by atoms with Crippen LogP contribution in [-0.4, -0.2) is 17.7 Å². The fourth-order valence-electron chi connectivity index (χ4n) is 3.50. The Morgan fingerprint density at radius 3 is 2.06 bits per heavy atom. The molecule has 178 valence electrons. The highest BCUT2D eigenvalue weighted by Gasteiger charge is 2.39. The molecule has 0 radical (unpaired) electrons. The molecule has 0 aliphatic carbocycles. The molecule has 1 aliphatic rings. The fourth-order valence-corrected chi connectivity index (χ4v) is 4.20. The van der Waals surface area contributed by atoms with Crippen molar-refractivity contribution in [2.45, 2.75) is 19.8 Å². The largest absolute Gasteiger partial charge is 0.350 e. The van der Waals surface area contributed by atoms with Crippen LogP contribution in [0.2, 0.25) is 10.0 Å². The second kappa shape index (κ2) is 10.1. The summed E-state index contributed by atoms with van der Waals surface area (Å²) in [5.41, 5.74) is 2.85. The quantitative estimate of drug-likeness (QED) is 0.345. The van der Waals surface area contributed by atoms with Gasteiger partial charge in [-0.2, -0.15) is 0 Å². The van der Waals surface area contributed by atoms with Gasteiger partial charge in [0, 0.05) is 22.0 Å². The Morgan fingerprint density at radius 2 is 1.46 bits per heavy atom. The Kier molecular flexibility index (Phi) is 7.17. The number of nitrogens with one attached hydrogen (secondary N) is 2. The van der Waals surface area contributed by atoms with Crippen LogP contribution in [0.15, 0.2) is 77.5 Å². The van der Waals surface area contributed by atoms with E-state index in [1.54, 1.807) is 24.3 Å². The van der Waals surface area contributed by atoms with E-state index in [0.717, 1.165) is 4.90 Å². The lowest BCUT2D eigenvalue weighted by Crippen LogP contribution is -2.32. The number of benzene rings is 3. The highest BCUT2D eigenvalue weighted by atomic mass is 35.5. The molecule has 2 N–H and O–H groups in total. The lowest BCUT2D eigenvalue weighted by Gasteiger charge is -2.16. The number of imide groups is 1. The van der Waals surface area contributed by atoms with E-state index in [1.165, 1.54) is 23.8 Å². The molecule has 0 unspecified atom stereocenters. The van der Waals surface area contributed by atoms with Gasteiger partial charge in [-0.3, -0.25) is 14.4 Å². The smallest absolute Gasteiger partial charge is 0.283 e. The molecule has 0 fully saturated rings. The summed E-state index contributed by atoms with van der Waals surface area (Å²) < 4.78 is 0. The van der Waals surface area contributed by atoms with Crippen molar-refractivity contribution in [3.63, 3.8) is 0 Å². The monoisotopic (exact) mass is 527 g/mol. The summed E-state index contributed by atoms with van der Waals surface area (Å²) in [5.74, 6) is -1.23. The molecular formula is C26H20Cl3N3O3. The van der Waals surface area contributed by atoms with E-state index in [9.17, 15) is 14.4 Å². The van der Waals surface area contributed by atoms with Crippen molar-refractivity contribution in [1.82, 2.24) is 0 Å². The number of anilines is 3. The van der Waals surface area contributed by atoms with Crippen LogP contribution >= 0.6 is 34.8 Å². The van der Waals surface area contributed by atoms with Crippen molar-refractivity contribution in [1.29, 1.82) is 0 Å². The topological polar surface area (TPSA) is 78.5 Å². The van der Waals surface area contributed by atoms with Crippen molar-refractivity contribution in [2.75, 3.05) is 15.5 Å². The first-order valence-electron chi connectivity index (χ1n) is 10.7. The molecule has 0 bridgehead atoms. The van der Waals surface area contributed by atoms with Crippen LogP contribution in [0.3, 0.4) is 0 Å². The van der Waals surface area contributed by atoms with E-state index in [0.29, 0.717) is 27.9 Å². The maximum absolute atomic E-state index is 13.0. The summed E-state index contributed by atoms with van der Waals surface area (Å²) in [6, 6.07) is 18.5. The fraction of sp³-hybridized carbons (Fsp3) is 0.115. The molecule has 0 saturated heterocycles. The molecular weight excluding hydrogens is 509 g/mol. The molecule has 6 nitrogen and oxygen atoms in total. The molecule has 1 aliphatic heterocycles. The molecule has 4 rings (SSSR count). The van der Waals surface area contributed by atoms with Gasteiger partial charge in [-0.25, -0.2) is 4.90 Å². The third-order valence-corrected chi connectivity index (χ3v) is 6.32. The second-order valence-electron chi connectivity index (χ2n) is 8.16. The number of hydrogen-bond acceptors (Lipinski definition) is 4. The summed E-state index contributed by atoms with van der Waals surface area (Å²) >= 11 is 18.3. The number of nitrogens with zero attached hydrogens (tertiary/aromatic N) is 1. The van der Waals surface area contributed by atoms with Gasteiger partial charge in [-0.1, -0.05) is 60.8 Å². The van der Waals surface area contributed by atoms with Crippen LogP contribution in [0.4, 0.5) is 17.1 Å². The average Bonchev–Trinajstić information content (AvgIpc) is 3.03. The first kappa shape index (κ1) is 24.8. The van der Waals surface area contributed by atoms with Gasteiger partial charge in [0.15, 0.2) is 0 Å². The summed E-state index contributed by atoms with van der Waals surface area (Å²) in [4.78, 5) is 39.1. The zero-order chi connectivity index (χ0) is 25.3. The van der Waals surface area contributed by atoms with Gasteiger partial charge in [-0.05, 0) is 66.1 Å². The summed E-state index contributed by atoms with van der Waals surface area (Å²) in [6.07, 6.45) is 0. The van der Waals surface area contributed by atoms with Gasteiger partial charge < -0.3 is 10.6 Å². The Labute approximate surface area is 217 Å². The predicted octanol–water partition coefficient (Wildman–Crippen LogP) is 6.80. The summed E-state index contributed by atoms with van der Waals surface area (Å²) in [5, 5.41) is 5.96. The van der Waals surface area contributed by atoms with Crippen molar-refractivity contribution in [3.8, 4) is 0 Å². The SMILES string of the molecule is CC(C)c1ccc(NC(=O)c2ccc(NC3=C(Cl)C(=O)N(c4ccc(Cl)cc4Cl)C3=O)cc2)cc1. The van der Waals surface area contributed by atoms with Crippen LogP contribution < -0.4 is 15.5 Å². The van der Waals surface area contributed by atoms with Crippen molar-refractivity contribution < 1.29 is 14.4 Å². The average molecular weight is 529 g/mol. The summed E-state index contributed by atoms with van der Waals surface area (Å²) in [7, 11) is 0. The van der Waals surface area contributed by atoms with Gasteiger partial charge in [0.1, 0.15) is 10.7 Å². The van der Waals surface area contributed by atoms with Crippen LogP contribution in [0, 0.1) is 0 Å². The number of rotatable bonds is 6. The molecule has 3 aromatic carbocycles. The van der Waals surface area contributed by atoms with E-state index in [-0.39, 0.29) is 27.3 Å². The van der Waals surface area contributed by atoms with Gasteiger partial charge >= 0.3 is 0 Å². The van der Waals surface area contributed by atoms with E-state index in [1.807, 2.05) is 24.3 Å². The molecule has 0 spiro atoms. The van der Waals surface area contributed by atoms with E-state index < -0.39 is 11.8 Å². The Morgan fingerprint density at radius 1 is 0.829 bits per heavy atom. The Bertz CT molecular complexity index is 1350. The zero-order valence-corrected chi connectivity index (χ0v) is 21.0. The predicted molar refractivity (Wildman–Crippen MR) is 140 cm³/mol. The lowest BCUT2D eigenvalue weighted by atomic mass is 10.0. The number of amides is 3. The standard InChI is InChI=1S/C26H20Cl3N3O3/c1-14(2)15-3-8-19(9-4-15)31-24(33)16-5-10-18(11-6-16)30-23-22(29)25(34)32(26(23)35)21-12-7-17(27)13-20(21)28/h3-14,30H,1-2H3,(H,31,33). The van der Waals surface area contributed by atoms with Crippen molar-refractivity contribution in [3.05, 3.63) is 98.6 Å². The van der Waals surface area contributed by atoms with Crippen molar-refractivity contribution >= 4 is 69.6 Å². The molecule has 3 aromatic rings. The third kappa shape index (κ3) is 5.20. The molecule has 0 aromatic heterocycles. The van der Waals surface area contributed by atoms with Gasteiger partial charge in [0.2, 0.25) is 0 Å². The first-order chi connectivity index (χ1) is 16.7. The number of carbonyl (C=O) groups excluding carboxylic acids is 3. The number of halogens is 3. The molecule has 1 heterocycles. The second-order valence-corrected chi connectivity index (χ2v) is 9.39. The van der Waals surface area contributed by atoms with Crippen LogP contribution in [0.5, 0.6) is 0 Å². The normalized spacial score (nSPS) is 13.6. The molecule has 35 heavy (non-hydrogen) atoms. The van der Waals surface area contributed by atoms with Crippen LogP contribution in [0.25, 0.3) is 0 Å². The summed E-state index contributed by atoms with van der Waals surface area (Å²) in [6.45, 7) is 4.21. The van der Waals surface area contributed by atoms with E-state index in [4.69, 9.17) is 34.8 Å². The maximum atomic E-state index is 13.0. The molecule has 0 atom stereocenters. The minimum atomic E-state index is -0.706. The van der Waals surface area contributed by atoms with Crippen LogP contribution in [-0.2, 0) is 9.59 Å². The van der Waals surface area contributed by atoms with Gasteiger partial charge in [0.25, 0.3) is 17.7 Å². The first-order valence-corrected chi connectivity index (χ1v) is 11.8. The lowest BCUT2D eigenvalue weighted by molar-refractivity contribution is -0.120. The highest BCUT2D eigenvalue weighted by Crippen LogP contribution is 2.35. The Hall–Kier alpha value is -3.32. The van der Waals surface area contributed by atoms with Crippen LogP contribution in [0.1, 0.15) is 35.7 Å². The highest BCUT2D eigenvalue weighted by molar-refractivity contribution is 6.54. The zero-order valence-electron chi connectivity index (χ0n) is 18.7. The maximum Gasteiger partial charge on any atom is 0.283 e. The molecule has 3 amide bonds. The number of carbonyl (C=O) groups is 3. The van der Waals surface area contributed by atoms with E-state index in [2.05, 4.69) is 24.5 Å².